The first-order chi connectivity index (χ1) is 18.5. The van der Waals surface area contributed by atoms with Gasteiger partial charge < -0.3 is 24.4 Å². The highest BCUT2D eigenvalue weighted by molar-refractivity contribution is 5.79. The fourth-order valence-corrected chi connectivity index (χ4v) is 5.68. The number of carboxylic acid groups (broad SMARTS) is 1. The van der Waals surface area contributed by atoms with Crippen LogP contribution in [0.4, 0.5) is 9.59 Å². The van der Waals surface area contributed by atoms with Gasteiger partial charge in [0.15, 0.2) is 0 Å². The maximum absolute atomic E-state index is 13.6. The van der Waals surface area contributed by atoms with Gasteiger partial charge in [0.05, 0.1) is 0 Å². The monoisotopic (exact) mass is 536 g/mol. The molecule has 1 aliphatic carbocycles. The Kier molecular flexibility index (Phi) is 8.83. The number of fused-ring (bicyclic) bond motifs is 3. The number of amides is 2. The van der Waals surface area contributed by atoms with Crippen LogP contribution in [0, 0.1) is 5.92 Å². The lowest BCUT2D eigenvalue weighted by atomic mass is 9.95. The van der Waals surface area contributed by atoms with Gasteiger partial charge in [-0.15, -0.1) is 0 Å². The lowest BCUT2D eigenvalue weighted by Gasteiger charge is -2.34. The van der Waals surface area contributed by atoms with Crippen molar-refractivity contribution in [3.8, 4) is 11.1 Å². The molecule has 0 saturated carbocycles. The molecule has 2 aromatic rings. The van der Waals surface area contributed by atoms with E-state index < -0.39 is 17.7 Å². The van der Waals surface area contributed by atoms with E-state index >= 15 is 0 Å². The summed E-state index contributed by atoms with van der Waals surface area (Å²) in [7, 11) is 0. The molecule has 0 spiro atoms. The Morgan fingerprint density at radius 2 is 1.56 bits per heavy atom. The van der Waals surface area contributed by atoms with E-state index in [9.17, 15) is 19.5 Å². The second kappa shape index (κ2) is 12.1. The Balaban J connectivity index is 1.48. The zero-order chi connectivity index (χ0) is 28.2. The Bertz CT molecular complexity index is 1140. The van der Waals surface area contributed by atoms with E-state index in [1.54, 1.807) is 9.80 Å². The average molecular weight is 537 g/mol. The van der Waals surface area contributed by atoms with Crippen LogP contribution >= 0.6 is 0 Å². The molecule has 2 atom stereocenters. The molecule has 1 heterocycles. The van der Waals surface area contributed by atoms with Crippen LogP contribution in [-0.4, -0.2) is 70.9 Å². The predicted octanol–water partition coefficient (Wildman–Crippen LogP) is 6.14. The third-order valence-corrected chi connectivity index (χ3v) is 7.62. The molecule has 210 valence electrons. The van der Waals surface area contributed by atoms with Gasteiger partial charge in [0, 0.05) is 38.0 Å². The molecule has 4 rings (SSSR count). The molecule has 2 amide bonds. The van der Waals surface area contributed by atoms with Crippen molar-refractivity contribution in [1.82, 2.24) is 9.80 Å². The minimum absolute atomic E-state index is 0.0295. The van der Waals surface area contributed by atoms with Crippen LogP contribution in [0.2, 0.25) is 0 Å². The van der Waals surface area contributed by atoms with Crippen molar-refractivity contribution in [1.29, 1.82) is 0 Å². The van der Waals surface area contributed by atoms with Crippen LogP contribution in [0.25, 0.3) is 11.1 Å². The smallest absolute Gasteiger partial charge is 0.410 e. The summed E-state index contributed by atoms with van der Waals surface area (Å²) < 4.78 is 11.5. The molecule has 1 N–H and O–H groups in total. The van der Waals surface area contributed by atoms with Gasteiger partial charge in [0.1, 0.15) is 12.2 Å². The molecule has 2 aliphatic rings. The van der Waals surface area contributed by atoms with Crippen molar-refractivity contribution < 1.29 is 29.0 Å². The summed E-state index contributed by atoms with van der Waals surface area (Å²) in [6.07, 6.45) is 0.781. The van der Waals surface area contributed by atoms with Crippen molar-refractivity contribution in [2.45, 2.75) is 70.9 Å². The molecule has 0 aromatic heterocycles. The fourth-order valence-electron chi connectivity index (χ4n) is 5.68. The van der Waals surface area contributed by atoms with Gasteiger partial charge >= 0.3 is 18.2 Å². The quantitative estimate of drug-likeness (QED) is 0.457. The summed E-state index contributed by atoms with van der Waals surface area (Å²) in [5, 5.41) is 9.20. The van der Waals surface area contributed by atoms with Crippen LogP contribution < -0.4 is 0 Å². The molecule has 2 unspecified atom stereocenters. The summed E-state index contributed by atoms with van der Waals surface area (Å²) in [6, 6.07) is 16.2. The molecule has 39 heavy (non-hydrogen) atoms. The maximum Gasteiger partial charge on any atom is 0.410 e. The Labute approximate surface area is 230 Å². The number of carboxylic acids is 1. The van der Waals surface area contributed by atoms with Gasteiger partial charge in [-0.25, -0.2) is 9.59 Å². The summed E-state index contributed by atoms with van der Waals surface area (Å²) in [5.74, 6) is -0.855. The highest BCUT2D eigenvalue weighted by atomic mass is 16.6. The third-order valence-electron chi connectivity index (χ3n) is 7.62. The van der Waals surface area contributed by atoms with E-state index in [-0.39, 0.29) is 43.5 Å². The SMILES string of the molecule is CC1CCN(C(=O)OC(C)(C)C)CCC1N(CCCC(=O)O)C(=O)OCC1c2ccccc2-c2ccccc21. The van der Waals surface area contributed by atoms with Crippen molar-refractivity contribution in [3.63, 3.8) is 0 Å². The number of likely N-dealkylation sites (tertiary alicyclic amines) is 1. The number of carbonyl (C=O) groups excluding carboxylic acids is 2. The number of rotatable bonds is 7. The standard InChI is InChI=1S/C31H40N2O6/c1-21-15-18-32(29(36)39-31(2,3)4)19-16-27(21)33(17-9-14-28(34)35)30(37)38-20-26-24-12-7-5-10-22(24)23-11-6-8-13-25(23)26/h5-8,10-13,21,26-27H,9,14-20H2,1-4H3,(H,34,35). The van der Waals surface area contributed by atoms with E-state index in [0.717, 1.165) is 22.3 Å². The predicted molar refractivity (Wildman–Crippen MR) is 149 cm³/mol. The molecule has 0 radical (unpaired) electrons. The molecule has 1 fully saturated rings. The highest BCUT2D eigenvalue weighted by Gasteiger charge is 2.35. The van der Waals surface area contributed by atoms with Crippen LogP contribution in [0.5, 0.6) is 0 Å². The van der Waals surface area contributed by atoms with Gasteiger partial charge in [-0.1, -0.05) is 55.5 Å². The Morgan fingerprint density at radius 3 is 2.15 bits per heavy atom. The lowest BCUT2D eigenvalue weighted by molar-refractivity contribution is -0.137. The molecule has 1 aliphatic heterocycles. The molecule has 0 bridgehead atoms. The van der Waals surface area contributed by atoms with Gasteiger partial charge in [-0.2, -0.15) is 0 Å². The van der Waals surface area contributed by atoms with E-state index in [4.69, 9.17) is 9.47 Å². The molecule has 8 nitrogen and oxygen atoms in total. The summed E-state index contributed by atoms with van der Waals surface area (Å²) >= 11 is 0. The second-order valence-corrected chi connectivity index (χ2v) is 11.6. The lowest BCUT2D eigenvalue weighted by Crippen LogP contribution is -2.45. The van der Waals surface area contributed by atoms with Gasteiger partial charge in [-0.05, 0) is 68.2 Å². The molecular formula is C31H40N2O6. The number of benzene rings is 2. The molecule has 2 aromatic carbocycles. The number of nitrogens with zero attached hydrogens (tertiary/aromatic N) is 2. The number of carbonyl (C=O) groups is 3. The van der Waals surface area contributed by atoms with E-state index in [1.807, 2.05) is 45.0 Å². The number of aliphatic carboxylic acids is 1. The maximum atomic E-state index is 13.6. The van der Waals surface area contributed by atoms with Crippen LogP contribution in [0.3, 0.4) is 0 Å². The summed E-state index contributed by atoms with van der Waals surface area (Å²) in [5.41, 5.74) is 4.01. The van der Waals surface area contributed by atoms with E-state index in [0.29, 0.717) is 32.4 Å². The van der Waals surface area contributed by atoms with Crippen LogP contribution in [0.15, 0.2) is 48.5 Å². The topological polar surface area (TPSA) is 96.4 Å². The second-order valence-electron chi connectivity index (χ2n) is 11.6. The summed E-state index contributed by atoms with van der Waals surface area (Å²) in [4.78, 5) is 40.9. The fraction of sp³-hybridized carbons (Fsp3) is 0.516. The molecular weight excluding hydrogens is 496 g/mol. The average Bonchev–Trinajstić information content (AvgIpc) is 3.06. The third kappa shape index (κ3) is 6.91. The van der Waals surface area contributed by atoms with Crippen molar-refractivity contribution >= 4 is 18.2 Å². The van der Waals surface area contributed by atoms with Gasteiger partial charge in [0.2, 0.25) is 0 Å². The number of ether oxygens (including phenoxy) is 2. The molecule has 8 heteroatoms. The van der Waals surface area contributed by atoms with E-state index in [2.05, 4.69) is 31.2 Å². The van der Waals surface area contributed by atoms with Gasteiger partial charge in [-0.3, -0.25) is 4.79 Å². The minimum Gasteiger partial charge on any atom is -0.481 e. The Hall–Kier alpha value is -3.55. The first-order valence-corrected chi connectivity index (χ1v) is 13.9. The van der Waals surface area contributed by atoms with Gasteiger partial charge in [0.25, 0.3) is 0 Å². The first kappa shape index (κ1) is 28.5. The normalized spacial score (nSPS) is 19.0. The van der Waals surface area contributed by atoms with Crippen molar-refractivity contribution in [2.75, 3.05) is 26.2 Å². The number of hydrogen-bond donors (Lipinski definition) is 1. The van der Waals surface area contributed by atoms with Crippen LogP contribution in [0.1, 0.15) is 70.4 Å². The van der Waals surface area contributed by atoms with E-state index in [1.165, 1.54) is 0 Å². The number of hydrogen-bond acceptors (Lipinski definition) is 5. The van der Waals surface area contributed by atoms with Crippen molar-refractivity contribution in [3.05, 3.63) is 59.7 Å². The van der Waals surface area contributed by atoms with Crippen molar-refractivity contribution in [2.24, 2.45) is 5.92 Å². The zero-order valence-electron chi connectivity index (χ0n) is 23.4. The first-order valence-electron chi connectivity index (χ1n) is 13.9. The molecule has 1 saturated heterocycles. The highest BCUT2D eigenvalue weighted by Crippen LogP contribution is 2.44. The zero-order valence-corrected chi connectivity index (χ0v) is 23.4. The largest absolute Gasteiger partial charge is 0.481 e. The summed E-state index contributed by atoms with van der Waals surface area (Å²) in [6.45, 7) is 9.08. The van der Waals surface area contributed by atoms with Crippen LogP contribution in [-0.2, 0) is 14.3 Å². The minimum atomic E-state index is -0.896. The Morgan fingerprint density at radius 1 is 0.974 bits per heavy atom.